The second-order valence-electron chi connectivity index (χ2n) is 10.4. The molecule has 1 aromatic carbocycles. The summed E-state index contributed by atoms with van der Waals surface area (Å²) in [5, 5.41) is 11.0. The normalized spacial score (nSPS) is 20.6. The zero-order valence-corrected chi connectivity index (χ0v) is 19.7. The van der Waals surface area contributed by atoms with Crippen molar-refractivity contribution in [3.8, 4) is 5.97 Å². The standard InChI is InChI=1S/C23H30B2N2O.C2H6/c1-22(2)14-25(15-23(22,3)4)18-5-6-20-17(13-18)9-12-27(21(20)28)19-7-10-24(16-26)11-8-19;1-2/h5-6,9,12-13,19H,7-8,10-11,14-15H2,1-4H3;1-2H3. The van der Waals surface area contributed by atoms with Gasteiger partial charge in [0.1, 0.15) is 0 Å². The van der Waals surface area contributed by atoms with Crippen LogP contribution in [0.5, 0.6) is 0 Å². The van der Waals surface area contributed by atoms with Crippen LogP contribution in [0.1, 0.15) is 60.4 Å². The minimum Gasteiger partial charge on any atom is -0.312 e. The van der Waals surface area contributed by atoms with E-state index in [2.05, 4.69) is 51.9 Å². The Bertz CT molecular complexity index is 978. The fourth-order valence-electron chi connectivity index (χ4n) is 5.40. The van der Waals surface area contributed by atoms with E-state index in [1.165, 1.54) is 18.1 Å². The highest BCUT2D eigenvalue weighted by Crippen LogP contribution is 2.52. The summed E-state index contributed by atoms with van der Waals surface area (Å²) in [6.45, 7) is 14.3. The van der Waals surface area contributed by atoms with Gasteiger partial charge in [-0.3, -0.25) is 4.79 Å². The molecule has 0 saturated carbocycles. The van der Waals surface area contributed by atoms with Crippen LogP contribution in [0.4, 0.5) is 0 Å². The lowest BCUT2D eigenvalue weighted by Crippen LogP contribution is -2.31. The maximum absolute atomic E-state index is 13.1. The molecule has 30 heavy (non-hydrogen) atoms. The first-order valence-corrected chi connectivity index (χ1v) is 11.8. The van der Waals surface area contributed by atoms with Gasteiger partial charge in [-0.2, -0.15) is 0 Å². The van der Waals surface area contributed by atoms with Crippen molar-refractivity contribution >= 4 is 29.7 Å². The molecule has 158 valence electrons. The Balaban J connectivity index is 0.00000124. The molecule has 2 saturated heterocycles. The molecule has 0 bridgehead atoms. The summed E-state index contributed by atoms with van der Waals surface area (Å²) in [5.41, 5.74) is 2.16. The Morgan fingerprint density at radius 2 is 1.63 bits per heavy atom. The first-order valence-electron chi connectivity index (χ1n) is 11.8. The average Bonchev–Trinajstić information content (AvgIpc) is 2.97. The molecule has 2 fully saturated rings. The summed E-state index contributed by atoms with van der Waals surface area (Å²) in [6.07, 6.45) is 8.03. The van der Waals surface area contributed by atoms with Crippen LogP contribution < -0.4 is 11.0 Å². The van der Waals surface area contributed by atoms with Crippen molar-refractivity contribution < 1.29 is 0 Å². The first kappa shape index (κ1) is 22.7. The van der Waals surface area contributed by atoms with Crippen molar-refractivity contribution in [2.75, 3.05) is 0 Å². The van der Waals surface area contributed by atoms with Gasteiger partial charge in [0, 0.05) is 23.6 Å². The summed E-state index contributed by atoms with van der Waals surface area (Å²) in [4.78, 5) is 13.1. The van der Waals surface area contributed by atoms with E-state index < -0.39 is 0 Å². The van der Waals surface area contributed by atoms with Gasteiger partial charge in [-0.1, -0.05) is 84.4 Å². The molecular formula is C25H36B2N2O. The summed E-state index contributed by atoms with van der Waals surface area (Å²) >= 11 is 0. The van der Waals surface area contributed by atoms with E-state index in [1.807, 2.05) is 30.7 Å². The number of hydrogen-bond donors (Lipinski definition) is 0. The lowest BCUT2D eigenvalue weighted by molar-refractivity contribution is 0.177. The van der Waals surface area contributed by atoms with Crippen molar-refractivity contribution in [3.05, 3.63) is 40.8 Å². The minimum atomic E-state index is 0.122. The van der Waals surface area contributed by atoms with Crippen molar-refractivity contribution in [1.29, 1.82) is 5.26 Å². The molecule has 2 aliphatic heterocycles. The predicted octanol–water partition coefficient (Wildman–Crippen LogP) is 5.69. The van der Waals surface area contributed by atoms with E-state index in [0.29, 0.717) is 17.5 Å². The van der Waals surface area contributed by atoms with Crippen LogP contribution in [0.2, 0.25) is 25.3 Å². The Labute approximate surface area is 183 Å². The van der Waals surface area contributed by atoms with Crippen LogP contribution >= 0.6 is 0 Å². The largest absolute Gasteiger partial charge is 0.312 e. The van der Waals surface area contributed by atoms with E-state index in [-0.39, 0.29) is 18.3 Å². The number of benzene rings is 1. The number of nitrogens with zero attached hydrogens (tertiary/aromatic N) is 2. The van der Waals surface area contributed by atoms with E-state index in [9.17, 15) is 4.79 Å². The first-order chi connectivity index (χ1) is 14.2. The molecule has 0 spiro atoms. The number of rotatable bonds is 2. The van der Waals surface area contributed by atoms with E-state index >= 15 is 0 Å². The fraction of sp³-hybridized carbons (Fsp3) is 0.600. The third-order valence-electron chi connectivity index (χ3n) is 8.04. The molecule has 3 nitrogen and oxygen atoms in total. The Morgan fingerprint density at radius 3 is 2.20 bits per heavy atom. The Hall–Kier alpha value is -1.95. The zero-order chi connectivity index (χ0) is 22.1. The van der Waals surface area contributed by atoms with Gasteiger partial charge in [-0.05, 0) is 41.2 Å². The molecule has 0 aliphatic carbocycles. The number of nitriles is 1. The molecule has 3 heterocycles. The Kier molecular flexibility index (Phi) is 6.56. The SMILES string of the molecule is CC.CC1(C)CB(c2ccc3c(=O)n(C4CCB(C#N)CC4)ccc3c2)CC1(C)C. The molecule has 0 radical (unpaired) electrons. The van der Waals surface area contributed by atoms with Crippen molar-refractivity contribution in [2.24, 2.45) is 10.8 Å². The smallest absolute Gasteiger partial charge is 0.268 e. The molecule has 0 unspecified atom stereocenters. The monoisotopic (exact) mass is 402 g/mol. The fourth-order valence-corrected chi connectivity index (χ4v) is 5.40. The summed E-state index contributed by atoms with van der Waals surface area (Å²) < 4.78 is 1.91. The van der Waals surface area contributed by atoms with Gasteiger partial charge in [0.05, 0.1) is 0 Å². The quantitative estimate of drug-likeness (QED) is 0.606. The lowest BCUT2D eigenvalue weighted by Gasteiger charge is -2.35. The van der Waals surface area contributed by atoms with Crippen LogP contribution in [0.15, 0.2) is 35.3 Å². The van der Waals surface area contributed by atoms with E-state index in [1.54, 1.807) is 0 Å². The topological polar surface area (TPSA) is 45.8 Å². The highest BCUT2D eigenvalue weighted by atomic mass is 16.1. The third kappa shape index (κ3) is 4.11. The van der Waals surface area contributed by atoms with Crippen LogP contribution in [0, 0.1) is 22.1 Å². The molecule has 5 heteroatoms. The number of pyridine rings is 1. The maximum Gasteiger partial charge on any atom is 0.268 e. The van der Waals surface area contributed by atoms with Crippen molar-refractivity contribution in [1.82, 2.24) is 4.57 Å². The molecule has 0 amide bonds. The van der Waals surface area contributed by atoms with Gasteiger partial charge in [0.2, 0.25) is 0 Å². The van der Waals surface area contributed by atoms with Crippen LogP contribution in [-0.2, 0) is 0 Å². The second kappa shape index (κ2) is 8.66. The van der Waals surface area contributed by atoms with Gasteiger partial charge in [-0.25, -0.2) is 5.26 Å². The summed E-state index contributed by atoms with van der Waals surface area (Å²) in [5.74, 6) is 2.38. The van der Waals surface area contributed by atoms with Crippen LogP contribution in [0.3, 0.4) is 0 Å². The predicted molar refractivity (Wildman–Crippen MR) is 131 cm³/mol. The summed E-state index contributed by atoms with van der Waals surface area (Å²) in [6, 6.07) is 8.82. The molecule has 0 atom stereocenters. The van der Waals surface area contributed by atoms with Crippen molar-refractivity contribution in [2.45, 2.75) is 85.7 Å². The molecular weight excluding hydrogens is 366 g/mol. The minimum absolute atomic E-state index is 0.122. The van der Waals surface area contributed by atoms with Gasteiger partial charge in [-0.15, -0.1) is 0 Å². The van der Waals surface area contributed by atoms with Crippen LogP contribution in [0.25, 0.3) is 10.8 Å². The van der Waals surface area contributed by atoms with E-state index in [4.69, 9.17) is 5.26 Å². The van der Waals surface area contributed by atoms with Gasteiger partial charge in [0.25, 0.3) is 12.3 Å². The third-order valence-corrected chi connectivity index (χ3v) is 8.04. The summed E-state index contributed by atoms with van der Waals surface area (Å²) in [7, 11) is 0. The molecule has 1 aromatic heterocycles. The van der Waals surface area contributed by atoms with Crippen LogP contribution in [-0.4, -0.2) is 18.0 Å². The highest BCUT2D eigenvalue weighted by Gasteiger charge is 2.48. The number of fused-ring (bicyclic) bond motifs is 1. The second-order valence-corrected chi connectivity index (χ2v) is 10.4. The van der Waals surface area contributed by atoms with Gasteiger partial charge < -0.3 is 4.57 Å². The van der Waals surface area contributed by atoms with E-state index in [0.717, 1.165) is 36.3 Å². The molecule has 4 rings (SSSR count). The molecule has 0 N–H and O–H groups in total. The van der Waals surface area contributed by atoms with Gasteiger partial charge in [0.15, 0.2) is 6.71 Å². The van der Waals surface area contributed by atoms with Crippen molar-refractivity contribution in [3.63, 3.8) is 0 Å². The Morgan fingerprint density at radius 1 is 1.03 bits per heavy atom. The maximum atomic E-state index is 13.1. The average molecular weight is 402 g/mol. The number of hydrogen-bond acceptors (Lipinski definition) is 2. The number of aromatic nitrogens is 1. The molecule has 2 aliphatic rings. The molecule has 2 aromatic rings. The zero-order valence-electron chi connectivity index (χ0n) is 19.7. The highest BCUT2D eigenvalue weighted by molar-refractivity contribution is 6.74. The lowest BCUT2D eigenvalue weighted by atomic mass is 9.42. The van der Waals surface area contributed by atoms with Gasteiger partial charge >= 0.3 is 0 Å².